The number of alkyl halides is 4. The van der Waals surface area contributed by atoms with Crippen LogP contribution >= 0.6 is 0 Å². The van der Waals surface area contributed by atoms with Crippen LogP contribution in [0.1, 0.15) is 21.5 Å². The van der Waals surface area contributed by atoms with Gasteiger partial charge < -0.3 is 14.4 Å². The van der Waals surface area contributed by atoms with Crippen molar-refractivity contribution in [3.63, 3.8) is 0 Å². The molecule has 2 aromatic rings. The molecule has 27 heavy (non-hydrogen) atoms. The molecule has 9 heteroatoms. The summed E-state index contributed by atoms with van der Waals surface area (Å²) in [6, 6.07) is 10.1. The summed E-state index contributed by atoms with van der Waals surface area (Å²) in [5.74, 6) is -1.41. The first kappa shape index (κ1) is 18.7. The van der Waals surface area contributed by atoms with Gasteiger partial charge in [0.1, 0.15) is 17.3 Å². The molecule has 0 aromatic heterocycles. The Morgan fingerprint density at radius 3 is 2.44 bits per heavy atom. The highest BCUT2D eigenvalue weighted by Gasteiger charge is 2.27. The molecule has 0 saturated heterocycles. The van der Waals surface area contributed by atoms with Crippen molar-refractivity contribution in [1.82, 2.24) is 4.90 Å². The van der Waals surface area contributed by atoms with E-state index in [2.05, 4.69) is 9.47 Å². The lowest BCUT2D eigenvalue weighted by molar-refractivity contribution is -0.0544. The van der Waals surface area contributed by atoms with E-state index in [4.69, 9.17) is 5.41 Å². The second-order valence-corrected chi connectivity index (χ2v) is 5.70. The van der Waals surface area contributed by atoms with Gasteiger partial charge in [0.05, 0.1) is 12.1 Å². The number of Topliss-reactive ketones (excluding diaryl/α,β-unsaturated/α-hetero) is 1. The van der Waals surface area contributed by atoms with Gasteiger partial charge in [0.15, 0.2) is 5.78 Å². The van der Waals surface area contributed by atoms with Crippen LogP contribution in [0.4, 0.5) is 17.6 Å². The van der Waals surface area contributed by atoms with Crippen molar-refractivity contribution < 1.29 is 31.8 Å². The monoisotopic (exact) mass is 382 g/mol. The van der Waals surface area contributed by atoms with Gasteiger partial charge in [-0.25, -0.2) is 0 Å². The summed E-state index contributed by atoms with van der Waals surface area (Å²) in [6.07, 6.45) is 0. The van der Waals surface area contributed by atoms with E-state index in [0.717, 1.165) is 23.8 Å². The van der Waals surface area contributed by atoms with Gasteiger partial charge in [0.2, 0.25) is 0 Å². The molecule has 1 aliphatic heterocycles. The average Bonchev–Trinajstić information content (AvgIpc) is 2.90. The quantitative estimate of drug-likeness (QED) is 0.583. The molecule has 1 aliphatic rings. The van der Waals surface area contributed by atoms with Crippen molar-refractivity contribution >= 4 is 11.6 Å². The average molecular weight is 382 g/mol. The number of nitrogens with zero attached hydrogens (tertiary/aromatic N) is 1. The van der Waals surface area contributed by atoms with Crippen molar-refractivity contribution in [3.05, 3.63) is 59.2 Å². The first-order chi connectivity index (χ1) is 12.8. The predicted octanol–water partition coefficient (Wildman–Crippen LogP) is 3.91. The van der Waals surface area contributed by atoms with Crippen LogP contribution in [-0.4, -0.2) is 36.3 Å². The number of nitrogens with one attached hydrogen (secondary N) is 1. The lowest BCUT2D eigenvalue weighted by Gasteiger charge is -2.18. The topological polar surface area (TPSA) is 62.6 Å². The van der Waals surface area contributed by atoms with Crippen molar-refractivity contribution in [2.24, 2.45) is 0 Å². The summed E-state index contributed by atoms with van der Waals surface area (Å²) in [5, 5.41) is 8.14. The van der Waals surface area contributed by atoms with E-state index in [-0.39, 0.29) is 17.9 Å². The van der Waals surface area contributed by atoms with Crippen molar-refractivity contribution in [1.29, 1.82) is 5.41 Å². The van der Waals surface area contributed by atoms with E-state index in [1.165, 1.54) is 4.90 Å². The standard InChI is InChI=1S/C18H14F4N2O3/c19-17(20)26-11-5-6-13(15(7-11)27-18(21)22)14(25)9-24-8-10-3-1-2-4-12(10)16(24)23/h1-7,17-18,23H,8-9H2. The van der Waals surface area contributed by atoms with Crippen molar-refractivity contribution in [2.45, 2.75) is 19.8 Å². The summed E-state index contributed by atoms with van der Waals surface area (Å²) in [7, 11) is 0. The Balaban J connectivity index is 1.81. The van der Waals surface area contributed by atoms with Crippen LogP contribution in [0.3, 0.4) is 0 Å². The molecule has 0 saturated carbocycles. The zero-order valence-electron chi connectivity index (χ0n) is 13.8. The molecule has 0 radical (unpaired) electrons. The van der Waals surface area contributed by atoms with Crippen LogP contribution in [0, 0.1) is 5.41 Å². The number of hydrogen-bond acceptors (Lipinski definition) is 4. The van der Waals surface area contributed by atoms with Crippen molar-refractivity contribution in [2.75, 3.05) is 6.54 Å². The van der Waals surface area contributed by atoms with Crippen LogP contribution in [0.25, 0.3) is 0 Å². The molecular weight excluding hydrogens is 368 g/mol. The molecule has 0 amide bonds. The fourth-order valence-corrected chi connectivity index (χ4v) is 2.84. The number of ether oxygens (including phenoxy) is 2. The largest absolute Gasteiger partial charge is 0.435 e. The molecule has 5 nitrogen and oxygen atoms in total. The Kier molecular flexibility index (Phi) is 5.29. The highest BCUT2D eigenvalue weighted by Crippen LogP contribution is 2.29. The highest BCUT2D eigenvalue weighted by molar-refractivity contribution is 6.06. The molecule has 142 valence electrons. The number of amidine groups is 1. The van der Waals surface area contributed by atoms with Gasteiger partial charge in [-0.3, -0.25) is 10.2 Å². The molecule has 0 fully saturated rings. The molecule has 0 spiro atoms. The molecule has 0 bridgehead atoms. The third-order valence-electron chi connectivity index (χ3n) is 3.98. The van der Waals surface area contributed by atoms with Gasteiger partial charge in [-0.15, -0.1) is 0 Å². The fourth-order valence-electron chi connectivity index (χ4n) is 2.84. The summed E-state index contributed by atoms with van der Waals surface area (Å²) in [4.78, 5) is 14.1. The number of fused-ring (bicyclic) bond motifs is 1. The molecule has 3 rings (SSSR count). The predicted molar refractivity (Wildman–Crippen MR) is 87.7 cm³/mol. The lowest BCUT2D eigenvalue weighted by atomic mass is 10.1. The van der Waals surface area contributed by atoms with E-state index >= 15 is 0 Å². The number of halogens is 4. The van der Waals surface area contributed by atoms with Crippen molar-refractivity contribution in [3.8, 4) is 11.5 Å². The lowest BCUT2D eigenvalue weighted by Crippen LogP contribution is -2.30. The van der Waals surface area contributed by atoms with Crippen LogP contribution in [0.2, 0.25) is 0 Å². The van der Waals surface area contributed by atoms with E-state index in [1.807, 2.05) is 12.1 Å². The number of carbonyl (C=O) groups excluding carboxylic acids is 1. The SMILES string of the molecule is N=C1c2ccccc2CN1CC(=O)c1ccc(OC(F)F)cc1OC(F)F. The minimum absolute atomic E-state index is 0.146. The minimum atomic E-state index is -3.24. The summed E-state index contributed by atoms with van der Waals surface area (Å²) in [6.45, 7) is -6.30. The maximum absolute atomic E-state index is 12.6. The van der Waals surface area contributed by atoms with E-state index < -0.39 is 30.5 Å². The maximum Gasteiger partial charge on any atom is 0.387 e. The van der Waals surface area contributed by atoms with Gasteiger partial charge in [-0.1, -0.05) is 24.3 Å². The van der Waals surface area contributed by atoms with Gasteiger partial charge in [-0.05, 0) is 17.7 Å². The Bertz CT molecular complexity index is 873. The van der Waals surface area contributed by atoms with Crippen LogP contribution in [0.15, 0.2) is 42.5 Å². The third kappa shape index (κ3) is 4.18. The zero-order chi connectivity index (χ0) is 19.6. The second kappa shape index (κ2) is 7.65. The Morgan fingerprint density at radius 1 is 1.07 bits per heavy atom. The number of hydrogen-bond donors (Lipinski definition) is 1. The van der Waals surface area contributed by atoms with E-state index in [0.29, 0.717) is 12.1 Å². The smallest absolute Gasteiger partial charge is 0.387 e. The summed E-state index contributed by atoms with van der Waals surface area (Å²) < 4.78 is 58.3. The number of rotatable bonds is 7. The molecular formula is C18H14F4N2O3. The first-order valence-corrected chi connectivity index (χ1v) is 7.84. The molecule has 0 atom stereocenters. The minimum Gasteiger partial charge on any atom is -0.435 e. The molecule has 1 N–H and O–H groups in total. The number of carbonyl (C=O) groups is 1. The molecule has 2 aromatic carbocycles. The number of ketones is 1. The summed E-state index contributed by atoms with van der Waals surface area (Å²) in [5.41, 5.74) is 1.36. The third-order valence-corrected chi connectivity index (χ3v) is 3.98. The molecule has 0 aliphatic carbocycles. The van der Waals surface area contributed by atoms with E-state index in [1.54, 1.807) is 12.1 Å². The zero-order valence-corrected chi connectivity index (χ0v) is 13.8. The van der Waals surface area contributed by atoms with Crippen LogP contribution < -0.4 is 9.47 Å². The van der Waals surface area contributed by atoms with Gasteiger partial charge >= 0.3 is 13.2 Å². The van der Waals surface area contributed by atoms with E-state index in [9.17, 15) is 22.4 Å². The van der Waals surface area contributed by atoms with Gasteiger partial charge in [-0.2, -0.15) is 17.6 Å². The van der Waals surface area contributed by atoms with Crippen LogP contribution in [-0.2, 0) is 6.54 Å². The summed E-state index contributed by atoms with van der Waals surface area (Å²) >= 11 is 0. The Hall–Kier alpha value is -3.10. The van der Waals surface area contributed by atoms with Gasteiger partial charge in [0, 0.05) is 18.2 Å². The van der Waals surface area contributed by atoms with Crippen LogP contribution in [0.5, 0.6) is 11.5 Å². The second-order valence-electron chi connectivity index (χ2n) is 5.70. The van der Waals surface area contributed by atoms with Gasteiger partial charge in [0.25, 0.3) is 0 Å². The number of benzene rings is 2. The molecule has 0 unspecified atom stereocenters. The normalized spacial score (nSPS) is 13.3. The first-order valence-electron chi connectivity index (χ1n) is 7.84. The Labute approximate surface area is 151 Å². The maximum atomic E-state index is 12.6. The fraction of sp³-hybridized carbons (Fsp3) is 0.222. The molecule has 1 heterocycles. The highest BCUT2D eigenvalue weighted by atomic mass is 19.3. The Morgan fingerprint density at radius 2 is 1.78 bits per heavy atom.